The molecular formula is C12H18Br2O4Sn. The van der Waals surface area contributed by atoms with Gasteiger partial charge in [0.1, 0.15) is 0 Å². The van der Waals surface area contributed by atoms with E-state index in [1.165, 1.54) is 0 Å². The van der Waals surface area contributed by atoms with Gasteiger partial charge in [0.2, 0.25) is 0 Å². The van der Waals surface area contributed by atoms with E-state index in [0.29, 0.717) is 0 Å². The maximum absolute atomic E-state index is 12.0. The molecule has 0 atom stereocenters. The van der Waals surface area contributed by atoms with Crippen LogP contribution in [0.2, 0.25) is 8.87 Å². The first-order valence-electron chi connectivity index (χ1n) is 6.47. The van der Waals surface area contributed by atoms with Crippen LogP contribution in [0.5, 0.6) is 0 Å². The molecule has 4 nitrogen and oxygen atoms in total. The van der Waals surface area contributed by atoms with Crippen molar-refractivity contribution in [1.29, 1.82) is 0 Å². The Hall–Kier alpha value is 0.439. The summed E-state index contributed by atoms with van der Waals surface area (Å²) in [4.78, 5) is 24.0. The molecule has 0 aromatic carbocycles. The average Bonchev–Trinajstić information content (AvgIpc) is 2.47. The summed E-state index contributed by atoms with van der Waals surface area (Å²) in [6.45, 7) is 4.15. The van der Waals surface area contributed by atoms with E-state index >= 15 is 0 Å². The van der Waals surface area contributed by atoms with E-state index in [1.54, 1.807) is 0 Å². The Morgan fingerprint density at radius 2 is 1.26 bits per heavy atom. The summed E-state index contributed by atoms with van der Waals surface area (Å²) in [5.41, 5.74) is 0. The van der Waals surface area contributed by atoms with Crippen LogP contribution in [-0.4, -0.2) is 31.1 Å². The van der Waals surface area contributed by atoms with Gasteiger partial charge in [-0.3, -0.25) is 0 Å². The molecule has 0 aromatic heterocycles. The molecule has 0 aromatic rings. The number of halogens is 2. The van der Waals surface area contributed by atoms with E-state index in [-0.39, 0.29) is 8.96 Å². The van der Waals surface area contributed by atoms with Gasteiger partial charge in [0, 0.05) is 0 Å². The van der Waals surface area contributed by atoms with E-state index in [9.17, 15) is 9.59 Å². The summed E-state index contributed by atoms with van der Waals surface area (Å²) < 4.78 is 13.0. The van der Waals surface area contributed by atoms with Gasteiger partial charge in [-0.05, 0) is 0 Å². The molecule has 0 saturated heterocycles. The number of unbranched alkanes of at least 4 members (excludes halogenated alkanes) is 2. The number of carbonyl (C=O) groups excluding carboxylic acids is 2. The average molecular weight is 505 g/mol. The molecule has 0 bridgehead atoms. The van der Waals surface area contributed by atoms with Gasteiger partial charge in [-0.25, -0.2) is 0 Å². The fraction of sp³-hybridized carbons (Fsp3) is 0.667. The summed E-state index contributed by atoms with van der Waals surface area (Å²) in [6, 6.07) is 0. The molecule has 0 spiro atoms. The van der Waals surface area contributed by atoms with Gasteiger partial charge >= 0.3 is 136 Å². The van der Waals surface area contributed by atoms with Crippen molar-refractivity contribution in [2.45, 2.75) is 48.4 Å². The minimum absolute atomic E-state index is 0.129. The van der Waals surface area contributed by atoms with Crippen molar-refractivity contribution in [3.05, 3.63) is 8.96 Å². The van der Waals surface area contributed by atoms with Crippen LogP contribution in [0.4, 0.5) is 0 Å². The SMILES string of the molecule is CCC[CH2][Sn]1([CH2]CCC)[O]C(=O)C(Br)=C(Br)C(=O)[O]1. The topological polar surface area (TPSA) is 52.6 Å². The summed E-state index contributed by atoms with van der Waals surface area (Å²) in [5, 5.41) is 0. The molecule has 1 aliphatic rings. The maximum atomic E-state index is 12.0. The quantitative estimate of drug-likeness (QED) is 0.511. The second-order valence-electron chi connectivity index (χ2n) is 4.52. The van der Waals surface area contributed by atoms with Crippen LogP contribution in [0.1, 0.15) is 39.5 Å². The van der Waals surface area contributed by atoms with Gasteiger partial charge in [-0.2, -0.15) is 0 Å². The number of hydrogen-bond acceptors (Lipinski definition) is 4. The summed E-state index contributed by atoms with van der Waals surface area (Å²) >= 11 is 2.54. The molecule has 0 radical (unpaired) electrons. The van der Waals surface area contributed by atoms with Crippen molar-refractivity contribution in [3.8, 4) is 0 Å². The van der Waals surface area contributed by atoms with E-state index in [2.05, 4.69) is 45.7 Å². The van der Waals surface area contributed by atoms with Crippen molar-refractivity contribution < 1.29 is 15.7 Å². The monoisotopic (exact) mass is 504 g/mol. The summed E-state index contributed by atoms with van der Waals surface area (Å²) in [5.74, 6) is -0.943. The predicted molar refractivity (Wildman–Crippen MR) is 82.2 cm³/mol. The van der Waals surface area contributed by atoms with E-state index in [4.69, 9.17) is 6.15 Å². The Morgan fingerprint density at radius 3 is 1.58 bits per heavy atom. The number of rotatable bonds is 6. The van der Waals surface area contributed by atoms with Crippen LogP contribution in [0, 0.1) is 0 Å². The van der Waals surface area contributed by atoms with Crippen LogP contribution in [0.25, 0.3) is 0 Å². The minimum atomic E-state index is -3.63. The summed E-state index contributed by atoms with van der Waals surface area (Å²) in [7, 11) is 0. The van der Waals surface area contributed by atoms with Crippen LogP contribution >= 0.6 is 31.9 Å². The first-order chi connectivity index (χ1) is 8.95. The molecular weight excluding hydrogens is 487 g/mol. The fourth-order valence-corrected chi connectivity index (χ4v) is 12.8. The Bertz CT molecular complexity index is 359. The van der Waals surface area contributed by atoms with Crippen molar-refractivity contribution in [2.75, 3.05) is 0 Å². The van der Waals surface area contributed by atoms with Gasteiger partial charge < -0.3 is 0 Å². The fourth-order valence-electron chi connectivity index (χ4n) is 1.85. The van der Waals surface area contributed by atoms with E-state index in [0.717, 1.165) is 34.6 Å². The summed E-state index contributed by atoms with van der Waals surface area (Å²) in [6.07, 6.45) is 3.84. The van der Waals surface area contributed by atoms with Crippen molar-refractivity contribution >= 4 is 63.0 Å². The van der Waals surface area contributed by atoms with Gasteiger partial charge in [-0.1, -0.05) is 0 Å². The normalized spacial score (nSPS) is 18.9. The van der Waals surface area contributed by atoms with Crippen LogP contribution in [-0.2, 0) is 15.7 Å². The van der Waals surface area contributed by atoms with Crippen LogP contribution in [0.15, 0.2) is 8.96 Å². The Balaban J connectivity index is 2.98. The van der Waals surface area contributed by atoms with Gasteiger partial charge in [-0.15, -0.1) is 0 Å². The molecule has 0 fully saturated rings. The van der Waals surface area contributed by atoms with E-state index in [1.807, 2.05) is 0 Å². The first kappa shape index (κ1) is 17.5. The molecule has 1 aliphatic heterocycles. The second kappa shape index (κ2) is 8.02. The zero-order valence-corrected chi connectivity index (χ0v) is 17.2. The number of carbonyl (C=O) groups is 2. The van der Waals surface area contributed by atoms with Gasteiger partial charge in [0.25, 0.3) is 0 Å². The Labute approximate surface area is 135 Å². The van der Waals surface area contributed by atoms with Crippen molar-refractivity contribution in [1.82, 2.24) is 0 Å². The molecule has 1 rings (SSSR count). The third-order valence-electron chi connectivity index (χ3n) is 2.93. The van der Waals surface area contributed by atoms with E-state index < -0.39 is 31.1 Å². The third kappa shape index (κ3) is 4.74. The van der Waals surface area contributed by atoms with Gasteiger partial charge in [0.15, 0.2) is 0 Å². The first-order valence-corrected chi connectivity index (χ1v) is 14.4. The molecule has 0 saturated carbocycles. The molecule has 0 unspecified atom stereocenters. The predicted octanol–water partition coefficient (Wildman–Crippen LogP) is 4.13. The van der Waals surface area contributed by atoms with Gasteiger partial charge in [0.05, 0.1) is 0 Å². The standard InChI is InChI=1S/C4H2Br2O4.2C4H9.Sn/c5-1(3(7)8)2(6)4(9)10;2*1-3-4-2;/h(H,7,8)(H,9,10);2*1,3-4H2,2H3;/q;;;+2/p-2. The second-order valence-corrected chi connectivity index (χ2v) is 15.3. The zero-order chi connectivity index (χ0) is 14.5. The van der Waals surface area contributed by atoms with Crippen LogP contribution < -0.4 is 0 Å². The van der Waals surface area contributed by atoms with Crippen molar-refractivity contribution in [3.63, 3.8) is 0 Å². The van der Waals surface area contributed by atoms with Crippen molar-refractivity contribution in [2.24, 2.45) is 0 Å². The third-order valence-corrected chi connectivity index (χ3v) is 14.5. The number of hydrogen-bond donors (Lipinski definition) is 0. The Morgan fingerprint density at radius 1 is 0.895 bits per heavy atom. The molecule has 0 aliphatic carbocycles. The molecule has 0 N–H and O–H groups in total. The Kier molecular flexibility index (Phi) is 7.38. The zero-order valence-electron chi connectivity index (χ0n) is 11.1. The molecule has 108 valence electrons. The molecule has 19 heavy (non-hydrogen) atoms. The molecule has 0 amide bonds. The molecule has 1 heterocycles. The van der Waals surface area contributed by atoms with Crippen LogP contribution in [0.3, 0.4) is 0 Å². The molecule has 7 heteroatoms.